The van der Waals surface area contributed by atoms with E-state index in [2.05, 4.69) is 15.6 Å². The molecule has 2 amide bonds. The van der Waals surface area contributed by atoms with Gasteiger partial charge in [-0.15, -0.1) is 0 Å². The first kappa shape index (κ1) is 16.0. The Hall–Kier alpha value is -2.05. The van der Waals surface area contributed by atoms with Crippen LogP contribution in [0.25, 0.3) is 0 Å². The maximum atomic E-state index is 11.6. The van der Waals surface area contributed by atoms with Crippen molar-refractivity contribution in [3.05, 3.63) is 17.8 Å². The van der Waals surface area contributed by atoms with Gasteiger partial charge in [-0.05, 0) is 13.3 Å². The monoisotopic (exact) mass is 283 g/mol. The molecule has 0 spiro atoms. The Morgan fingerprint density at radius 3 is 2.60 bits per heavy atom. The van der Waals surface area contributed by atoms with Gasteiger partial charge in [0.1, 0.15) is 5.76 Å². The van der Waals surface area contributed by atoms with Crippen molar-refractivity contribution in [3.8, 4) is 0 Å². The zero-order valence-electron chi connectivity index (χ0n) is 12.0. The fourth-order valence-corrected chi connectivity index (χ4v) is 1.44. The van der Waals surface area contributed by atoms with Crippen molar-refractivity contribution < 1.29 is 19.1 Å². The molecule has 7 nitrogen and oxygen atoms in total. The summed E-state index contributed by atoms with van der Waals surface area (Å²) in [5.74, 6) is 0.251. The van der Waals surface area contributed by atoms with Crippen molar-refractivity contribution >= 4 is 12.0 Å². The van der Waals surface area contributed by atoms with Gasteiger partial charge in [0, 0.05) is 13.0 Å². The molecule has 1 aromatic rings. The Bertz CT molecular complexity index is 472. The van der Waals surface area contributed by atoms with Gasteiger partial charge < -0.3 is 20.2 Å². The number of aliphatic carboxylic acids is 1. The minimum absolute atomic E-state index is 0.0659. The van der Waals surface area contributed by atoms with E-state index in [0.717, 1.165) is 12.2 Å². The van der Waals surface area contributed by atoms with Crippen LogP contribution in [0.3, 0.4) is 0 Å². The molecule has 3 N–H and O–H groups in total. The van der Waals surface area contributed by atoms with E-state index in [1.807, 2.05) is 6.92 Å². The summed E-state index contributed by atoms with van der Waals surface area (Å²) in [6, 6.07) is -0.442. The number of carboxylic acid groups (broad SMARTS) is 1. The molecule has 1 rings (SSSR count). The van der Waals surface area contributed by atoms with Crippen LogP contribution in [0.4, 0.5) is 4.79 Å². The predicted molar refractivity (Wildman–Crippen MR) is 72.2 cm³/mol. The number of carbonyl (C=O) groups is 2. The minimum atomic E-state index is -0.963. The fraction of sp³-hybridized carbons (Fsp3) is 0.615. The van der Waals surface area contributed by atoms with E-state index in [0.29, 0.717) is 12.3 Å². The first-order valence-electron chi connectivity index (χ1n) is 6.60. The van der Waals surface area contributed by atoms with E-state index in [4.69, 9.17) is 9.52 Å². The Morgan fingerprint density at radius 2 is 2.10 bits per heavy atom. The van der Waals surface area contributed by atoms with E-state index in [1.54, 1.807) is 20.0 Å². The van der Waals surface area contributed by atoms with Crippen LogP contribution >= 0.6 is 0 Å². The number of aryl methyl sites for hydroxylation is 1. The van der Waals surface area contributed by atoms with Crippen molar-refractivity contribution in [2.45, 2.75) is 40.2 Å². The summed E-state index contributed by atoms with van der Waals surface area (Å²) < 4.78 is 5.34. The van der Waals surface area contributed by atoms with Gasteiger partial charge in [-0.1, -0.05) is 13.8 Å². The zero-order chi connectivity index (χ0) is 15.2. The largest absolute Gasteiger partial charge is 0.481 e. The van der Waals surface area contributed by atoms with Gasteiger partial charge in [0.05, 0.1) is 18.2 Å². The van der Waals surface area contributed by atoms with Crippen molar-refractivity contribution in [2.24, 2.45) is 5.41 Å². The van der Waals surface area contributed by atoms with Crippen LogP contribution in [0.15, 0.2) is 10.6 Å². The highest BCUT2D eigenvalue weighted by molar-refractivity contribution is 5.77. The summed E-state index contributed by atoms with van der Waals surface area (Å²) in [4.78, 5) is 26.7. The van der Waals surface area contributed by atoms with Gasteiger partial charge in [-0.25, -0.2) is 9.78 Å². The number of oxazole rings is 1. The summed E-state index contributed by atoms with van der Waals surface area (Å²) in [7, 11) is 0. The third-order valence-corrected chi connectivity index (χ3v) is 3.29. The number of aromatic nitrogens is 1. The Balaban J connectivity index is 2.38. The highest BCUT2D eigenvalue weighted by Gasteiger charge is 2.31. The number of nitrogens with one attached hydrogen (secondary N) is 2. The molecule has 0 aliphatic rings. The molecule has 1 atom stereocenters. The fourth-order valence-electron chi connectivity index (χ4n) is 1.44. The van der Waals surface area contributed by atoms with Crippen molar-refractivity contribution in [2.75, 3.05) is 6.54 Å². The van der Waals surface area contributed by atoms with Crippen molar-refractivity contribution in [1.29, 1.82) is 0 Å². The van der Waals surface area contributed by atoms with Crippen LogP contribution in [0.1, 0.15) is 38.8 Å². The molecule has 0 radical (unpaired) electrons. The average molecular weight is 283 g/mol. The summed E-state index contributed by atoms with van der Waals surface area (Å²) in [5.41, 5.74) is -0.963. The van der Waals surface area contributed by atoms with E-state index in [9.17, 15) is 9.59 Å². The standard InChI is InChI=1S/C13H21N3O4/c1-4-9-6-14-10(20-9)7-15-12(19)16-8-13(3,5-2)11(17)18/h6H,4-5,7-8H2,1-3H3,(H,17,18)(H2,15,16,19). The molecule has 0 bridgehead atoms. The van der Waals surface area contributed by atoms with Crippen molar-refractivity contribution in [1.82, 2.24) is 15.6 Å². The highest BCUT2D eigenvalue weighted by atomic mass is 16.4. The molecule has 0 aliphatic carbocycles. The maximum Gasteiger partial charge on any atom is 0.315 e. The summed E-state index contributed by atoms with van der Waals surface area (Å²) in [5, 5.41) is 14.2. The van der Waals surface area contributed by atoms with Crippen LogP contribution < -0.4 is 10.6 Å². The highest BCUT2D eigenvalue weighted by Crippen LogP contribution is 2.19. The van der Waals surface area contributed by atoms with E-state index < -0.39 is 17.4 Å². The first-order valence-corrected chi connectivity index (χ1v) is 6.60. The topological polar surface area (TPSA) is 104 Å². The van der Waals surface area contributed by atoms with Gasteiger partial charge in [0.2, 0.25) is 5.89 Å². The predicted octanol–water partition coefficient (Wildman–Crippen LogP) is 1.54. The molecule has 0 saturated heterocycles. The van der Waals surface area contributed by atoms with Gasteiger partial charge in [-0.2, -0.15) is 0 Å². The summed E-state index contributed by atoms with van der Waals surface area (Å²) in [6.07, 6.45) is 2.79. The molecular formula is C13H21N3O4. The van der Waals surface area contributed by atoms with E-state index >= 15 is 0 Å². The third-order valence-electron chi connectivity index (χ3n) is 3.29. The number of hydrogen-bond acceptors (Lipinski definition) is 4. The van der Waals surface area contributed by atoms with Gasteiger partial charge in [0.25, 0.3) is 0 Å². The lowest BCUT2D eigenvalue weighted by molar-refractivity contribution is -0.147. The second-order valence-corrected chi connectivity index (χ2v) is 4.83. The minimum Gasteiger partial charge on any atom is -0.481 e. The van der Waals surface area contributed by atoms with E-state index in [-0.39, 0.29) is 13.1 Å². The van der Waals surface area contributed by atoms with Crippen LogP contribution in [-0.4, -0.2) is 28.6 Å². The molecule has 1 heterocycles. The average Bonchev–Trinajstić information content (AvgIpc) is 2.90. The molecule has 112 valence electrons. The maximum absolute atomic E-state index is 11.6. The SMILES string of the molecule is CCc1cnc(CNC(=O)NCC(C)(CC)C(=O)O)o1. The molecular weight excluding hydrogens is 262 g/mol. The summed E-state index contributed by atoms with van der Waals surface area (Å²) >= 11 is 0. The Kier molecular flexibility index (Phi) is 5.54. The second kappa shape index (κ2) is 6.93. The summed E-state index contributed by atoms with van der Waals surface area (Å²) in [6.45, 7) is 5.55. The number of hydrogen-bond donors (Lipinski definition) is 3. The molecule has 7 heteroatoms. The zero-order valence-corrected chi connectivity index (χ0v) is 12.0. The molecule has 0 aliphatic heterocycles. The van der Waals surface area contributed by atoms with Gasteiger partial charge in [-0.3, -0.25) is 4.79 Å². The first-order chi connectivity index (χ1) is 9.41. The number of urea groups is 1. The molecule has 0 saturated carbocycles. The number of carbonyl (C=O) groups excluding carboxylic acids is 1. The molecule has 0 aromatic carbocycles. The third kappa shape index (κ3) is 4.25. The quantitative estimate of drug-likeness (QED) is 0.704. The van der Waals surface area contributed by atoms with Crippen LogP contribution in [0.5, 0.6) is 0 Å². The van der Waals surface area contributed by atoms with Crippen LogP contribution in [-0.2, 0) is 17.8 Å². The lowest BCUT2D eigenvalue weighted by Crippen LogP contribution is -2.44. The normalized spacial score (nSPS) is 13.6. The van der Waals surface area contributed by atoms with Crippen LogP contribution in [0.2, 0.25) is 0 Å². The molecule has 0 fully saturated rings. The van der Waals surface area contributed by atoms with Crippen molar-refractivity contribution in [3.63, 3.8) is 0 Å². The molecule has 20 heavy (non-hydrogen) atoms. The van der Waals surface area contributed by atoms with Gasteiger partial charge >= 0.3 is 12.0 Å². The Morgan fingerprint density at radius 1 is 1.40 bits per heavy atom. The van der Waals surface area contributed by atoms with E-state index in [1.165, 1.54) is 0 Å². The number of amides is 2. The Labute approximate surface area is 117 Å². The molecule has 1 aromatic heterocycles. The number of rotatable bonds is 7. The molecule has 1 unspecified atom stereocenters. The lowest BCUT2D eigenvalue weighted by atomic mass is 9.88. The lowest BCUT2D eigenvalue weighted by Gasteiger charge is -2.23. The number of carboxylic acids is 1. The van der Waals surface area contributed by atoms with Crippen LogP contribution in [0, 0.1) is 5.41 Å². The van der Waals surface area contributed by atoms with Gasteiger partial charge in [0.15, 0.2) is 0 Å². The smallest absolute Gasteiger partial charge is 0.315 e. The number of nitrogens with zero attached hydrogens (tertiary/aromatic N) is 1. The second-order valence-electron chi connectivity index (χ2n) is 4.83.